The number of thioether (sulfide) groups is 1. The maximum absolute atomic E-state index is 13.2. The van der Waals surface area contributed by atoms with Crippen molar-refractivity contribution in [3.8, 4) is 0 Å². The van der Waals surface area contributed by atoms with Gasteiger partial charge >= 0.3 is 5.97 Å². The first-order chi connectivity index (χ1) is 20.2. The Morgan fingerprint density at radius 3 is 2.07 bits per heavy atom. The molecule has 0 fully saturated rings. The molecule has 1 atom stereocenters. The molecule has 9 heteroatoms. The van der Waals surface area contributed by atoms with Gasteiger partial charge in [-0.15, -0.1) is 11.8 Å². The maximum Gasteiger partial charge on any atom is 0.335 e. The number of carbonyl (C=O) groups excluding carboxylic acids is 3. The summed E-state index contributed by atoms with van der Waals surface area (Å²) in [5.41, 5.74) is 3.07. The Hall–Kier alpha value is -5.15. The van der Waals surface area contributed by atoms with Gasteiger partial charge in [0, 0.05) is 21.8 Å². The fraction of sp³-hybridized carbons (Fsp3) is 0.0909. The van der Waals surface area contributed by atoms with E-state index in [2.05, 4.69) is 16.0 Å². The number of nitrogens with one attached hydrogen (secondary N) is 3. The van der Waals surface area contributed by atoms with E-state index in [1.165, 1.54) is 23.9 Å². The normalized spacial score (nSPS) is 11.7. The van der Waals surface area contributed by atoms with Gasteiger partial charge in [0.05, 0.1) is 10.8 Å². The van der Waals surface area contributed by atoms with E-state index in [0.717, 1.165) is 16.0 Å². The zero-order chi connectivity index (χ0) is 30.1. The molecule has 212 valence electrons. The fourth-order valence-electron chi connectivity index (χ4n) is 3.86. The van der Waals surface area contributed by atoms with Crippen molar-refractivity contribution in [2.45, 2.75) is 24.0 Å². The molecular formula is C33H29N3O5S. The van der Waals surface area contributed by atoms with Crippen molar-refractivity contribution in [2.24, 2.45) is 0 Å². The Labute approximate surface area is 247 Å². The molecular weight excluding hydrogens is 550 g/mol. The highest BCUT2D eigenvalue weighted by Crippen LogP contribution is 2.27. The summed E-state index contributed by atoms with van der Waals surface area (Å²) in [4.78, 5) is 50.9. The quantitative estimate of drug-likeness (QED) is 0.131. The maximum atomic E-state index is 13.2. The number of hydrogen-bond donors (Lipinski definition) is 4. The van der Waals surface area contributed by atoms with E-state index >= 15 is 0 Å². The smallest absolute Gasteiger partial charge is 0.335 e. The summed E-state index contributed by atoms with van der Waals surface area (Å²) < 4.78 is 0. The number of aryl methyl sites for hydroxylation is 1. The summed E-state index contributed by atoms with van der Waals surface area (Å²) in [6, 6.07) is 29.4. The van der Waals surface area contributed by atoms with E-state index in [4.69, 9.17) is 0 Å². The minimum Gasteiger partial charge on any atom is -0.478 e. The standard InChI is InChI=1S/C33H29N3O5S/c1-21-13-14-25(33(40)41)20-28(21)35-30(37)22(2)42-27-17-15-26(16-18-27)34-32(39)29(19-23-9-5-3-6-10-23)36-31(38)24-11-7-4-8-12-24/h3-20,22H,1-2H3,(H,34,39)(H,35,37)(H,36,38)(H,40,41)/b29-19-. The predicted molar refractivity (Wildman–Crippen MR) is 165 cm³/mol. The van der Waals surface area contributed by atoms with Gasteiger partial charge < -0.3 is 21.1 Å². The third-order valence-corrected chi connectivity index (χ3v) is 7.29. The fourth-order valence-corrected chi connectivity index (χ4v) is 4.72. The van der Waals surface area contributed by atoms with Crippen molar-refractivity contribution in [3.63, 3.8) is 0 Å². The molecule has 42 heavy (non-hydrogen) atoms. The van der Waals surface area contributed by atoms with Gasteiger partial charge in [-0.1, -0.05) is 54.6 Å². The highest BCUT2D eigenvalue weighted by molar-refractivity contribution is 8.00. The van der Waals surface area contributed by atoms with Crippen LogP contribution in [0, 0.1) is 6.92 Å². The number of benzene rings is 4. The molecule has 0 aliphatic heterocycles. The lowest BCUT2D eigenvalue weighted by Gasteiger charge is -2.15. The zero-order valence-corrected chi connectivity index (χ0v) is 23.8. The van der Waals surface area contributed by atoms with Crippen molar-refractivity contribution in [1.82, 2.24) is 5.32 Å². The lowest BCUT2D eigenvalue weighted by molar-refractivity contribution is -0.115. The molecule has 0 heterocycles. The molecule has 0 aliphatic carbocycles. The summed E-state index contributed by atoms with van der Waals surface area (Å²) >= 11 is 1.32. The average molecular weight is 580 g/mol. The summed E-state index contributed by atoms with van der Waals surface area (Å²) in [7, 11) is 0. The number of aromatic carboxylic acids is 1. The first kappa shape index (κ1) is 29.8. The molecule has 0 aromatic heterocycles. The van der Waals surface area contributed by atoms with Crippen LogP contribution in [0.2, 0.25) is 0 Å². The van der Waals surface area contributed by atoms with Gasteiger partial charge in [0.25, 0.3) is 11.8 Å². The van der Waals surface area contributed by atoms with Crippen LogP contribution in [0.4, 0.5) is 11.4 Å². The van der Waals surface area contributed by atoms with E-state index in [1.54, 1.807) is 80.6 Å². The molecule has 0 spiro atoms. The number of hydrogen-bond acceptors (Lipinski definition) is 5. The number of carboxylic acid groups (broad SMARTS) is 1. The lowest BCUT2D eigenvalue weighted by atomic mass is 10.1. The molecule has 0 saturated carbocycles. The van der Waals surface area contributed by atoms with Crippen molar-refractivity contribution in [2.75, 3.05) is 10.6 Å². The molecule has 0 bridgehead atoms. The Balaban J connectivity index is 1.41. The molecule has 8 nitrogen and oxygen atoms in total. The van der Waals surface area contributed by atoms with Crippen molar-refractivity contribution in [1.29, 1.82) is 0 Å². The first-order valence-electron chi connectivity index (χ1n) is 13.1. The van der Waals surface area contributed by atoms with Gasteiger partial charge in [0.1, 0.15) is 5.70 Å². The Kier molecular flexibility index (Phi) is 9.91. The van der Waals surface area contributed by atoms with Crippen LogP contribution in [0.5, 0.6) is 0 Å². The van der Waals surface area contributed by atoms with Crippen molar-refractivity contribution in [3.05, 3.63) is 131 Å². The number of amides is 3. The van der Waals surface area contributed by atoms with Gasteiger partial charge in [-0.3, -0.25) is 14.4 Å². The Morgan fingerprint density at radius 2 is 1.43 bits per heavy atom. The number of rotatable bonds is 10. The van der Waals surface area contributed by atoms with Crippen LogP contribution in [0.3, 0.4) is 0 Å². The third kappa shape index (κ3) is 8.18. The topological polar surface area (TPSA) is 125 Å². The molecule has 4 N–H and O–H groups in total. The Morgan fingerprint density at radius 1 is 0.786 bits per heavy atom. The van der Waals surface area contributed by atoms with Crippen LogP contribution in [-0.4, -0.2) is 34.0 Å². The van der Waals surface area contributed by atoms with Gasteiger partial charge in [0.2, 0.25) is 5.91 Å². The third-order valence-electron chi connectivity index (χ3n) is 6.18. The molecule has 4 rings (SSSR count). The highest BCUT2D eigenvalue weighted by atomic mass is 32.2. The van der Waals surface area contributed by atoms with Crippen molar-refractivity contribution < 1.29 is 24.3 Å². The summed E-state index contributed by atoms with van der Waals surface area (Å²) in [5, 5.41) is 17.1. The largest absolute Gasteiger partial charge is 0.478 e. The van der Waals surface area contributed by atoms with Crippen LogP contribution < -0.4 is 16.0 Å². The van der Waals surface area contributed by atoms with Gasteiger partial charge in [-0.2, -0.15) is 0 Å². The molecule has 3 amide bonds. The van der Waals surface area contributed by atoms with Gasteiger partial charge in [-0.05, 0) is 79.6 Å². The zero-order valence-electron chi connectivity index (χ0n) is 23.0. The molecule has 0 radical (unpaired) electrons. The van der Waals surface area contributed by atoms with E-state index in [-0.39, 0.29) is 17.2 Å². The molecule has 0 aliphatic rings. The monoisotopic (exact) mass is 579 g/mol. The van der Waals surface area contributed by atoms with Crippen molar-refractivity contribution >= 4 is 52.9 Å². The van der Waals surface area contributed by atoms with E-state index in [1.807, 2.05) is 30.3 Å². The van der Waals surface area contributed by atoms with E-state index in [9.17, 15) is 24.3 Å². The molecule has 4 aromatic carbocycles. The first-order valence-corrected chi connectivity index (χ1v) is 13.9. The van der Waals surface area contributed by atoms with Crippen LogP contribution in [0.1, 0.15) is 38.8 Å². The Bertz CT molecular complexity index is 1620. The highest BCUT2D eigenvalue weighted by Gasteiger charge is 2.18. The number of carboxylic acids is 1. The molecule has 0 saturated heterocycles. The van der Waals surface area contributed by atoms with Gasteiger partial charge in [0.15, 0.2) is 0 Å². The predicted octanol–water partition coefficient (Wildman–Crippen LogP) is 6.22. The van der Waals surface area contributed by atoms with Gasteiger partial charge in [-0.25, -0.2) is 4.79 Å². The number of carbonyl (C=O) groups is 4. The molecule has 4 aromatic rings. The SMILES string of the molecule is Cc1ccc(C(=O)O)cc1NC(=O)C(C)Sc1ccc(NC(=O)/C(=C/c2ccccc2)NC(=O)c2ccccc2)cc1. The second-order valence-electron chi connectivity index (χ2n) is 9.35. The minimum absolute atomic E-state index is 0.0843. The summed E-state index contributed by atoms with van der Waals surface area (Å²) in [5.74, 6) is -2.23. The lowest BCUT2D eigenvalue weighted by Crippen LogP contribution is -2.30. The van der Waals surface area contributed by atoms with Crippen LogP contribution in [-0.2, 0) is 9.59 Å². The summed E-state index contributed by atoms with van der Waals surface area (Å²) in [6.07, 6.45) is 1.61. The van der Waals surface area contributed by atoms with E-state index < -0.39 is 23.0 Å². The minimum atomic E-state index is -1.07. The average Bonchev–Trinajstić information content (AvgIpc) is 2.99. The van der Waals surface area contributed by atoms with Crippen LogP contribution in [0.25, 0.3) is 6.08 Å². The van der Waals surface area contributed by atoms with Crippen LogP contribution >= 0.6 is 11.8 Å². The van der Waals surface area contributed by atoms with Crippen LogP contribution in [0.15, 0.2) is 114 Å². The molecule has 1 unspecified atom stereocenters. The van der Waals surface area contributed by atoms with E-state index in [0.29, 0.717) is 16.9 Å². The second kappa shape index (κ2) is 14.0. The number of anilines is 2. The second-order valence-corrected chi connectivity index (χ2v) is 10.8. The summed E-state index contributed by atoms with van der Waals surface area (Å²) in [6.45, 7) is 3.54.